The molecular formula is C18H14N2O5S2. The molecule has 1 saturated heterocycles. The van der Waals surface area contributed by atoms with E-state index in [9.17, 15) is 20.0 Å². The summed E-state index contributed by atoms with van der Waals surface area (Å²) in [5.74, 6) is 0.0266. The molecule has 0 aromatic heterocycles. The Morgan fingerprint density at radius 2 is 2.00 bits per heavy atom. The van der Waals surface area contributed by atoms with Crippen molar-refractivity contribution in [3.8, 4) is 11.5 Å². The SMILES string of the molecule is COc1ccc(CN2C(=O)C(=Cc3ccc(O)c([N+](=O)[O-])c3)SC2=S)cc1. The van der Waals surface area contributed by atoms with Crippen LogP contribution in [-0.2, 0) is 11.3 Å². The summed E-state index contributed by atoms with van der Waals surface area (Å²) >= 11 is 6.43. The van der Waals surface area contributed by atoms with Crippen molar-refractivity contribution < 1.29 is 19.6 Å². The van der Waals surface area contributed by atoms with E-state index < -0.39 is 16.4 Å². The number of carbonyl (C=O) groups excluding carboxylic acids is 1. The van der Waals surface area contributed by atoms with E-state index in [1.54, 1.807) is 19.2 Å². The lowest BCUT2D eigenvalue weighted by Gasteiger charge is -2.14. The van der Waals surface area contributed by atoms with E-state index in [4.69, 9.17) is 17.0 Å². The minimum atomic E-state index is -0.679. The number of phenols is 1. The number of benzene rings is 2. The number of methoxy groups -OCH3 is 1. The standard InChI is InChI=1S/C18H14N2O5S2/c1-25-13-5-2-11(3-6-13)10-19-17(22)16(27-18(19)26)9-12-4-7-15(21)14(8-12)20(23)24/h2-9,21H,10H2,1H3. The van der Waals surface area contributed by atoms with Crippen LogP contribution in [0.25, 0.3) is 6.08 Å². The molecule has 1 amide bonds. The van der Waals surface area contributed by atoms with Gasteiger partial charge in [0, 0.05) is 6.07 Å². The van der Waals surface area contributed by atoms with Crippen molar-refractivity contribution in [1.29, 1.82) is 0 Å². The average Bonchev–Trinajstić information content (AvgIpc) is 2.91. The molecule has 0 radical (unpaired) electrons. The summed E-state index contributed by atoms with van der Waals surface area (Å²) in [7, 11) is 1.58. The molecule has 3 rings (SSSR count). The van der Waals surface area contributed by atoms with Gasteiger partial charge in [-0.15, -0.1) is 0 Å². The Morgan fingerprint density at radius 1 is 1.30 bits per heavy atom. The van der Waals surface area contributed by atoms with Crippen LogP contribution in [0.15, 0.2) is 47.4 Å². The van der Waals surface area contributed by atoms with Crippen LogP contribution in [0.3, 0.4) is 0 Å². The fourth-order valence-corrected chi connectivity index (χ4v) is 3.73. The highest BCUT2D eigenvalue weighted by Crippen LogP contribution is 2.35. The minimum Gasteiger partial charge on any atom is -0.502 e. The van der Waals surface area contributed by atoms with Gasteiger partial charge in [-0.1, -0.05) is 42.2 Å². The zero-order valence-corrected chi connectivity index (χ0v) is 15.8. The summed E-state index contributed by atoms with van der Waals surface area (Å²) in [5.41, 5.74) is 0.913. The molecule has 2 aromatic rings. The molecule has 27 heavy (non-hydrogen) atoms. The van der Waals surface area contributed by atoms with Crippen molar-refractivity contribution in [1.82, 2.24) is 4.90 Å². The molecule has 1 N–H and O–H groups in total. The first-order valence-electron chi connectivity index (χ1n) is 7.74. The van der Waals surface area contributed by atoms with Gasteiger partial charge in [-0.25, -0.2) is 0 Å². The predicted molar refractivity (Wildman–Crippen MR) is 106 cm³/mol. The maximum atomic E-state index is 12.7. The highest BCUT2D eigenvalue weighted by molar-refractivity contribution is 8.26. The number of ether oxygens (including phenoxy) is 1. The van der Waals surface area contributed by atoms with Crippen molar-refractivity contribution in [3.05, 3.63) is 68.6 Å². The van der Waals surface area contributed by atoms with E-state index in [1.807, 2.05) is 12.1 Å². The molecule has 0 spiro atoms. The van der Waals surface area contributed by atoms with Crippen LogP contribution in [0.5, 0.6) is 11.5 Å². The zero-order valence-electron chi connectivity index (χ0n) is 14.1. The van der Waals surface area contributed by atoms with Crippen LogP contribution < -0.4 is 4.74 Å². The molecule has 1 fully saturated rings. The van der Waals surface area contributed by atoms with Gasteiger partial charge in [0.25, 0.3) is 5.91 Å². The molecular weight excluding hydrogens is 388 g/mol. The number of amides is 1. The van der Waals surface area contributed by atoms with Gasteiger partial charge in [-0.3, -0.25) is 19.8 Å². The van der Waals surface area contributed by atoms with Crippen LogP contribution in [0, 0.1) is 10.1 Å². The van der Waals surface area contributed by atoms with Crippen LogP contribution in [0.1, 0.15) is 11.1 Å². The van der Waals surface area contributed by atoms with Crippen molar-refractivity contribution in [2.45, 2.75) is 6.54 Å². The number of hydrogen-bond donors (Lipinski definition) is 1. The minimum absolute atomic E-state index is 0.267. The summed E-state index contributed by atoms with van der Waals surface area (Å²) in [6, 6.07) is 11.2. The number of carbonyl (C=O) groups is 1. The predicted octanol–water partition coefficient (Wildman–Crippen LogP) is 3.71. The molecule has 138 valence electrons. The molecule has 1 heterocycles. The fraction of sp³-hybridized carbons (Fsp3) is 0.111. The lowest BCUT2D eigenvalue weighted by atomic mass is 10.1. The quantitative estimate of drug-likeness (QED) is 0.353. The molecule has 0 unspecified atom stereocenters. The lowest BCUT2D eigenvalue weighted by molar-refractivity contribution is -0.385. The van der Waals surface area contributed by atoms with E-state index in [2.05, 4.69) is 0 Å². The van der Waals surface area contributed by atoms with E-state index in [1.165, 1.54) is 29.2 Å². The Labute approximate surface area is 164 Å². The Morgan fingerprint density at radius 3 is 2.63 bits per heavy atom. The van der Waals surface area contributed by atoms with Crippen molar-refractivity contribution in [2.75, 3.05) is 7.11 Å². The number of thiocarbonyl (C=S) groups is 1. The Kier molecular flexibility index (Phi) is 5.43. The number of nitro groups is 1. The molecule has 1 aliphatic heterocycles. The molecule has 9 heteroatoms. The van der Waals surface area contributed by atoms with Crippen molar-refractivity contribution in [3.63, 3.8) is 0 Å². The van der Waals surface area contributed by atoms with Gasteiger partial charge in [0.15, 0.2) is 5.75 Å². The average molecular weight is 402 g/mol. The number of nitrogens with zero attached hydrogens (tertiary/aromatic N) is 2. The topological polar surface area (TPSA) is 92.9 Å². The maximum absolute atomic E-state index is 12.7. The number of phenolic OH excluding ortho intramolecular Hbond substituents is 1. The van der Waals surface area contributed by atoms with Crippen molar-refractivity contribution >= 4 is 46.0 Å². The Bertz CT molecular complexity index is 957. The van der Waals surface area contributed by atoms with Crippen LogP contribution in [0.2, 0.25) is 0 Å². The second-order valence-electron chi connectivity index (χ2n) is 5.62. The third-order valence-electron chi connectivity index (χ3n) is 3.87. The van der Waals surface area contributed by atoms with Gasteiger partial charge < -0.3 is 9.84 Å². The van der Waals surface area contributed by atoms with Crippen LogP contribution >= 0.6 is 24.0 Å². The second kappa shape index (κ2) is 7.77. The molecule has 0 bridgehead atoms. The van der Waals surface area contributed by atoms with Gasteiger partial charge in [-0.2, -0.15) is 0 Å². The summed E-state index contributed by atoms with van der Waals surface area (Å²) < 4.78 is 5.53. The molecule has 2 aromatic carbocycles. The monoisotopic (exact) mass is 402 g/mol. The number of thioether (sulfide) groups is 1. The third kappa shape index (κ3) is 4.09. The first-order chi connectivity index (χ1) is 12.9. The summed E-state index contributed by atoms with van der Waals surface area (Å²) in [6.45, 7) is 0.321. The van der Waals surface area contributed by atoms with E-state index in [0.717, 1.165) is 23.1 Å². The van der Waals surface area contributed by atoms with Crippen LogP contribution in [0.4, 0.5) is 5.69 Å². The normalized spacial score (nSPS) is 15.4. The molecule has 7 nitrogen and oxygen atoms in total. The van der Waals surface area contributed by atoms with E-state index >= 15 is 0 Å². The van der Waals surface area contributed by atoms with E-state index in [0.29, 0.717) is 21.3 Å². The molecule has 0 aliphatic carbocycles. The highest BCUT2D eigenvalue weighted by Gasteiger charge is 2.32. The van der Waals surface area contributed by atoms with Gasteiger partial charge >= 0.3 is 5.69 Å². The molecule has 0 atom stereocenters. The van der Waals surface area contributed by atoms with Gasteiger partial charge in [-0.05, 0) is 35.4 Å². The fourth-order valence-electron chi connectivity index (χ4n) is 2.48. The van der Waals surface area contributed by atoms with Crippen LogP contribution in [-0.4, -0.2) is 32.3 Å². The zero-order chi connectivity index (χ0) is 19.6. The maximum Gasteiger partial charge on any atom is 0.311 e. The van der Waals surface area contributed by atoms with Gasteiger partial charge in [0.05, 0.1) is 23.5 Å². The van der Waals surface area contributed by atoms with Gasteiger partial charge in [0.2, 0.25) is 0 Å². The van der Waals surface area contributed by atoms with E-state index in [-0.39, 0.29) is 5.91 Å². The largest absolute Gasteiger partial charge is 0.502 e. The highest BCUT2D eigenvalue weighted by atomic mass is 32.2. The smallest absolute Gasteiger partial charge is 0.311 e. The number of nitro benzene ring substituents is 1. The second-order valence-corrected chi connectivity index (χ2v) is 7.30. The number of hydrogen-bond acceptors (Lipinski definition) is 7. The first kappa shape index (κ1) is 18.9. The molecule has 0 saturated carbocycles. The van der Waals surface area contributed by atoms with Gasteiger partial charge in [0.1, 0.15) is 10.1 Å². The Balaban J connectivity index is 1.81. The first-order valence-corrected chi connectivity index (χ1v) is 8.97. The summed E-state index contributed by atoms with van der Waals surface area (Å²) in [5, 5.41) is 20.5. The molecule has 1 aliphatic rings. The lowest BCUT2D eigenvalue weighted by Crippen LogP contribution is -2.27. The number of rotatable bonds is 5. The van der Waals surface area contributed by atoms with Crippen molar-refractivity contribution in [2.24, 2.45) is 0 Å². The number of aromatic hydroxyl groups is 1. The Hall–Kier alpha value is -2.91. The third-order valence-corrected chi connectivity index (χ3v) is 5.25. The summed E-state index contributed by atoms with van der Waals surface area (Å²) in [4.78, 5) is 24.8. The summed E-state index contributed by atoms with van der Waals surface area (Å²) in [6.07, 6.45) is 1.53.